The van der Waals surface area contributed by atoms with Crippen LogP contribution in [0.25, 0.3) is 10.9 Å². The zero-order valence-corrected chi connectivity index (χ0v) is 9.17. The van der Waals surface area contributed by atoms with E-state index < -0.39 is 0 Å². The first-order valence-electron chi connectivity index (χ1n) is 4.70. The van der Waals surface area contributed by atoms with Gasteiger partial charge < -0.3 is 5.32 Å². The molecule has 0 aliphatic rings. The lowest BCUT2D eigenvalue weighted by Crippen LogP contribution is -2.10. The van der Waals surface area contributed by atoms with Crippen molar-refractivity contribution in [1.29, 1.82) is 0 Å². The lowest BCUT2D eigenvalue weighted by atomic mass is 10.0. The number of hydrogen-bond acceptors (Lipinski definition) is 2. The number of aromatic nitrogens is 1. The molecule has 0 fully saturated rings. The van der Waals surface area contributed by atoms with Crippen molar-refractivity contribution < 1.29 is 0 Å². The molecule has 74 valence electrons. The third-order valence-electron chi connectivity index (χ3n) is 2.24. The summed E-state index contributed by atoms with van der Waals surface area (Å²) in [5.74, 6) is 0. The Morgan fingerprint density at radius 1 is 1.40 bits per heavy atom. The zero-order chi connectivity index (χ0) is 10.8. The minimum absolute atomic E-state index is 0.380. The number of benzene rings is 1. The maximum absolute atomic E-state index is 5.89. The molecule has 2 radical (unpaired) electrons. The normalized spacial score (nSPS) is 10.8. The molecular formula is C11H10BClN2. The highest BCUT2D eigenvalue weighted by Gasteiger charge is 2.01. The van der Waals surface area contributed by atoms with E-state index in [0.717, 1.165) is 17.4 Å². The van der Waals surface area contributed by atoms with Crippen molar-refractivity contribution in [3.63, 3.8) is 0 Å². The summed E-state index contributed by atoms with van der Waals surface area (Å²) in [7, 11) is 7.56. The quantitative estimate of drug-likeness (QED) is 0.768. The monoisotopic (exact) mass is 216 g/mol. The largest absolute Gasteiger partial charge is 0.316 e. The molecule has 0 bridgehead atoms. The van der Waals surface area contributed by atoms with E-state index in [1.54, 1.807) is 0 Å². The average Bonchev–Trinajstić information content (AvgIpc) is 2.21. The summed E-state index contributed by atoms with van der Waals surface area (Å²) in [6.07, 6.45) is 0. The Labute approximate surface area is 95.1 Å². The van der Waals surface area contributed by atoms with Gasteiger partial charge in [-0.15, -0.1) is 0 Å². The van der Waals surface area contributed by atoms with E-state index in [4.69, 9.17) is 19.4 Å². The van der Waals surface area contributed by atoms with E-state index in [1.165, 1.54) is 5.56 Å². The van der Waals surface area contributed by atoms with Crippen LogP contribution in [0.5, 0.6) is 0 Å². The molecule has 0 amide bonds. The topological polar surface area (TPSA) is 24.9 Å². The van der Waals surface area contributed by atoms with Crippen LogP contribution in [0.3, 0.4) is 0 Å². The summed E-state index contributed by atoms with van der Waals surface area (Å²) in [4.78, 5) is 4.24. The summed E-state index contributed by atoms with van der Waals surface area (Å²) >= 11 is 5.89. The molecule has 4 heteroatoms. The summed E-state index contributed by atoms with van der Waals surface area (Å²) in [6.45, 7) is 0.820. The van der Waals surface area contributed by atoms with Gasteiger partial charge in [0.15, 0.2) is 0 Å². The first-order chi connectivity index (χ1) is 7.20. The van der Waals surface area contributed by atoms with Gasteiger partial charge in [0.2, 0.25) is 0 Å². The van der Waals surface area contributed by atoms with Gasteiger partial charge >= 0.3 is 0 Å². The number of fused-ring (bicyclic) bond motifs is 1. The van der Waals surface area contributed by atoms with Crippen molar-refractivity contribution in [3.8, 4) is 0 Å². The molecule has 0 spiro atoms. The van der Waals surface area contributed by atoms with Crippen molar-refractivity contribution in [1.82, 2.24) is 10.3 Å². The maximum atomic E-state index is 5.89. The number of nitrogens with zero attached hydrogens (tertiary/aromatic N) is 1. The van der Waals surface area contributed by atoms with Crippen LogP contribution in [-0.2, 0) is 6.54 Å². The second-order valence-electron chi connectivity index (χ2n) is 3.41. The van der Waals surface area contributed by atoms with Gasteiger partial charge in [-0.2, -0.15) is 0 Å². The second kappa shape index (κ2) is 4.21. The minimum Gasteiger partial charge on any atom is -0.316 e. The number of halogens is 1. The highest BCUT2D eigenvalue weighted by molar-refractivity contribution is 6.44. The number of nitrogens with one attached hydrogen (secondary N) is 1. The van der Waals surface area contributed by atoms with E-state index >= 15 is 0 Å². The molecule has 1 heterocycles. The Hall–Kier alpha value is -1.06. The van der Waals surface area contributed by atoms with Gasteiger partial charge in [-0.3, -0.25) is 4.98 Å². The van der Waals surface area contributed by atoms with Crippen LogP contribution in [0.15, 0.2) is 24.3 Å². The van der Waals surface area contributed by atoms with Gasteiger partial charge in [-0.25, -0.2) is 0 Å². The fraction of sp³-hybridized carbons (Fsp3) is 0.182. The van der Waals surface area contributed by atoms with Crippen molar-refractivity contribution in [2.45, 2.75) is 6.54 Å². The molecule has 0 aliphatic carbocycles. The van der Waals surface area contributed by atoms with Gasteiger partial charge in [-0.05, 0) is 24.7 Å². The molecule has 0 atom stereocenters. The van der Waals surface area contributed by atoms with E-state index in [2.05, 4.69) is 10.3 Å². The number of rotatable bonds is 2. The predicted octanol–water partition coefficient (Wildman–Crippen LogP) is 1.40. The summed E-state index contributed by atoms with van der Waals surface area (Å²) in [5.41, 5.74) is 2.44. The summed E-state index contributed by atoms with van der Waals surface area (Å²) in [6, 6.07) is 7.90. The van der Waals surface area contributed by atoms with Crippen molar-refractivity contribution in [2.75, 3.05) is 7.05 Å². The highest BCUT2D eigenvalue weighted by Crippen LogP contribution is 2.16. The Morgan fingerprint density at radius 3 is 2.93 bits per heavy atom. The summed E-state index contributed by atoms with van der Waals surface area (Å²) in [5, 5.41) is 4.60. The van der Waals surface area contributed by atoms with Crippen LogP contribution in [0.4, 0.5) is 0 Å². The van der Waals surface area contributed by atoms with E-state index in [1.807, 2.05) is 31.3 Å². The van der Waals surface area contributed by atoms with Gasteiger partial charge in [-0.1, -0.05) is 23.7 Å². The fourth-order valence-corrected chi connectivity index (χ4v) is 1.68. The molecule has 1 N–H and O–H groups in total. The number of pyridine rings is 1. The Balaban J connectivity index is 2.56. The smallest absolute Gasteiger partial charge is 0.143 e. The minimum atomic E-state index is 0.380. The van der Waals surface area contributed by atoms with E-state index in [9.17, 15) is 0 Å². The van der Waals surface area contributed by atoms with Crippen LogP contribution < -0.4 is 10.9 Å². The first-order valence-corrected chi connectivity index (χ1v) is 5.08. The summed E-state index contributed by atoms with van der Waals surface area (Å²) < 4.78 is 0. The Kier molecular flexibility index (Phi) is 2.94. The third kappa shape index (κ3) is 2.14. The van der Waals surface area contributed by atoms with E-state index in [0.29, 0.717) is 10.6 Å². The molecule has 2 nitrogen and oxygen atoms in total. The molecule has 0 saturated carbocycles. The lowest BCUT2D eigenvalue weighted by Gasteiger charge is -2.05. The zero-order valence-electron chi connectivity index (χ0n) is 8.42. The van der Waals surface area contributed by atoms with Gasteiger partial charge in [0.25, 0.3) is 0 Å². The molecule has 2 aromatic rings. The SMILES string of the molecule is [B]c1nc2cc(CNC)ccc2cc1Cl. The third-order valence-corrected chi connectivity index (χ3v) is 2.55. The average molecular weight is 216 g/mol. The Bertz CT molecular complexity index is 499. The molecule has 15 heavy (non-hydrogen) atoms. The molecule has 0 saturated heterocycles. The molecule has 0 aliphatic heterocycles. The van der Waals surface area contributed by atoms with Crippen LogP contribution >= 0.6 is 11.6 Å². The second-order valence-corrected chi connectivity index (χ2v) is 3.82. The van der Waals surface area contributed by atoms with Crippen molar-refractivity contribution >= 4 is 35.9 Å². The molecule has 2 rings (SSSR count). The molecular weight excluding hydrogens is 206 g/mol. The van der Waals surface area contributed by atoms with Crippen molar-refractivity contribution in [3.05, 3.63) is 34.9 Å². The van der Waals surface area contributed by atoms with Crippen LogP contribution in [0.1, 0.15) is 5.56 Å². The van der Waals surface area contributed by atoms with Crippen LogP contribution in [0.2, 0.25) is 5.02 Å². The highest BCUT2D eigenvalue weighted by atomic mass is 35.5. The Morgan fingerprint density at radius 2 is 2.20 bits per heavy atom. The van der Waals surface area contributed by atoms with Gasteiger partial charge in [0, 0.05) is 17.5 Å². The van der Waals surface area contributed by atoms with Gasteiger partial charge in [0.1, 0.15) is 7.85 Å². The predicted molar refractivity (Wildman–Crippen MR) is 64.9 cm³/mol. The number of hydrogen-bond donors (Lipinski definition) is 1. The molecule has 1 aromatic carbocycles. The standard InChI is InChI=1S/C11H10BClN2/c1-14-6-7-2-3-8-5-9(13)11(12)15-10(8)4-7/h2-5,14H,6H2,1H3. The van der Waals surface area contributed by atoms with Crippen LogP contribution in [-0.4, -0.2) is 19.9 Å². The van der Waals surface area contributed by atoms with Gasteiger partial charge in [0.05, 0.1) is 10.5 Å². The van der Waals surface area contributed by atoms with E-state index in [-0.39, 0.29) is 0 Å². The van der Waals surface area contributed by atoms with Crippen molar-refractivity contribution in [2.24, 2.45) is 0 Å². The molecule has 0 unspecified atom stereocenters. The first kappa shape index (κ1) is 10.5. The molecule has 1 aromatic heterocycles. The lowest BCUT2D eigenvalue weighted by molar-refractivity contribution is 0.819. The maximum Gasteiger partial charge on any atom is 0.143 e. The fourth-order valence-electron chi connectivity index (χ4n) is 1.52. The van der Waals surface area contributed by atoms with Crippen LogP contribution in [0, 0.1) is 0 Å².